The van der Waals surface area contributed by atoms with Crippen molar-refractivity contribution in [2.24, 2.45) is 5.92 Å². The zero-order chi connectivity index (χ0) is 15.5. The highest BCUT2D eigenvalue weighted by Crippen LogP contribution is 2.26. The van der Waals surface area contributed by atoms with E-state index in [-0.39, 0.29) is 5.92 Å². The molecule has 1 aromatic rings. The normalized spacial score (nSPS) is 20.3. The van der Waals surface area contributed by atoms with E-state index < -0.39 is 0 Å². The molecule has 2 saturated heterocycles. The summed E-state index contributed by atoms with van der Waals surface area (Å²) < 4.78 is 0. The summed E-state index contributed by atoms with van der Waals surface area (Å²) in [5.41, 5.74) is 2.19. The molecule has 0 N–H and O–H groups in total. The molecule has 0 atom stereocenters. The Balaban J connectivity index is 1.60. The van der Waals surface area contributed by atoms with E-state index in [0.29, 0.717) is 5.91 Å². The maximum absolute atomic E-state index is 12.6. The molecule has 0 radical (unpaired) electrons. The van der Waals surface area contributed by atoms with Crippen LogP contribution in [-0.2, 0) is 4.79 Å². The Bertz CT molecular complexity index is 537. The molecule has 0 saturated carbocycles. The van der Waals surface area contributed by atoms with Crippen molar-refractivity contribution < 1.29 is 4.79 Å². The first-order valence-corrected chi connectivity index (χ1v) is 9.22. The van der Waals surface area contributed by atoms with Gasteiger partial charge in [-0.3, -0.25) is 4.79 Å². The third-order valence-electron chi connectivity index (χ3n) is 4.78. The lowest BCUT2D eigenvalue weighted by molar-refractivity contribution is -0.135. The molecule has 1 amide bonds. The van der Waals surface area contributed by atoms with Crippen LogP contribution in [0.2, 0.25) is 0 Å². The van der Waals surface area contributed by atoms with Gasteiger partial charge in [0, 0.05) is 54.9 Å². The number of carbonyl (C=O) groups is 1. The van der Waals surface area contributed by atoms with Gasteiger partial charge in [-0.05, 0) is 26.7 Å². The Hall–Kier alpha value is -1.30. The molecule has 2 aliphatic rings. The molecule has 6 heteroatoms. The second-order valence-corrected chi connectivity index (χ2v) is 7.33. The molecule has 0 unspecified atom stereocenters. The van der Waals surface area contributed by atoms with Gasteiger partial charge in [0.2, 0.25) is 5.91 Å². The summed E-state index contributed by atoms with van der Waals surface area (Å²) in [5.74, 6) is 3.78. The molecule has 5 nitrogen and oxygen atoms in total. The van der Waals surface area contributed by atoms with Crippen LogP contribution in [0.4, 0.5) is 5.82 Å². The Morgan fingerprint density at radius 3 is 2.50 bits per heavy atom. The molecule has 3 rings (SSSR count). The molecule has 3 heterocycles. The number of anilines is 1. The number of carbonyl (C=O) groups excluding carboxylic acids is 1. The molecule has 2 aliphatic heterocycles. The molecular weight excluding hydrogens is 296 g/mol. The summed E-state index contributed by atoms with van der Waals surface area (Å²) in [6.45, 7) is 7.77. The van der Waals surface area contributed by atoms with Gasteiger partial charge in [0.1, 0.15) is 12.1 Å². The summed E-state index contributed by atoms with van der Waals surface area (Å²) in [6, 6.07) is 0. The van der Waals surface area contributed by atoms with Crippen molar-refractivity contribution in [3.8, 4) is 0 Å². The van der Waals surface area contributed by atoms with Crippen LogP contribution in [0.1, 0.15) is 24.1 Å². The molecule has 120 valence electrons. The van der Waals surface area contributed by atoms with Gasteiger partial charge >= 0.3 is 0 Å². The van der Waals surface area contributed by atoms with Gasteiger partial charge in [-0.15, -0.1) is 0 Å². The summed E-state index contributed by atoms with van der Waals surface area (Å²) >= 11 is 1.95. The number of piperidine rings is 1. The van der Waals surface area contributed by atoms with E-state index in [1.807, 2.05) is 18.7 Å². The van der Waals surface area contributed by atoms with E-state index >= 15 is 0 Å². The highest BCUT2D eigenvalue weighted by atomic mass is 32.2. The molecular formula is C16H24N4OS. The van der Waals surface area contributed by atoms with Crippen molar-refractivity contribution in [3.63, 3.8) is 0 Å². The van der Waals surface area contributed by atoms with E-state index in [0.717, 1.165) is 67.6 Å². The first-order valence-electron chi connectivity index (χ1n) is 8.06. The highest BCUT2D eigenvalue weighted by Gasteiger charge is 2.30. The fourth-order valence-corrected chi connectivity index (χ4v) is 4.13. The highest BCUT2D eigenvalue weighted by molar-refractivity contribution is 7.99. The Kier molecular flexibility index (Phi) is 4.86. The van der Waals surface area contributed by atoms with E-state index in [4.69, 9.17) is 0 Å². The Morgan fingerprint density at radius 1 is 1.14 bits per heavy atom. The predicted molar refractivity (Wildman–Crippen MR) is 90.3 cm³/mol. The minimum absolute atomic E-state index is 0.197. The Morgan fingerprint density at radius 2 is 1.82 bits per heavy atom. The van der Waals surface area contributed by atoms with Crippen LogP contribution < -0.4 is 4.90 Å². The van der Waals surface area contributed by atoms with E-state index in [9.17, 15) is 4.79 Å². The Labute approximate surface area is 136 Å². The van der Waals surface area contributed by atoms with Crippen LogP contribution in [0, 0.1) is 19.8 Å². The number of nitrogens with zero attached hydrogens (tertiary/aromatic N) is 4. The molecule has 0 aromatic carbocycles. The van der Waals surface area contributed by atoms with Gasteiger partial charge in [-0.2, -0.15) is 11.8 Å². The summed E-state index contributed by atoms with van der Waals surface area (Å²) in [4.78, 5) is 25.6. The lowest BCUT2D eigenvalue weighted by Gasteiger charge is -2.36. The number of hydrogen-bond acceptors (Lipinski definition) is 5. The van der Waals surface area contributed by atoms with Gasteiger partial charge in [0.05, 0.1) is 0 Å². The van der Waals surface area contributed by atoms with Crippen molar-refractivity contribution >= 4 is 23.5 Å². The maximum Gasteiger partial charge on any atom is 0.225 e. The standard InChI is InChI=1S/C16H24N4OS/c1-12-13(2)17-11-18-15(12)19-5-3-14(4-6-19)16(21)20-7-9-22-10-8-20/h11,14H,3-10H2,1-2H3. The quantitative estimate of drug-likeness (QED) is 0.833. The smallest absolute Gasteiger partial charge is 0.225 e. The number of thioether (sulfide) groups is 1. The van der Waals surface area contributed by atoms with Crippen LogP contribution in [0.25, 0.3) is 0 Å². The fourth-order valence-electron chi connectivity index (χ4n) is 3.22. The lowest BCUT2D eigenvalue weighted by atomic mass is 9.95. The second-order valence-electron chi connectivity index (χ2n) is 6.11. The first-order chi connectivity index (χ1) is 10.7. The van der Waals surface area contributed by atoms with Gasteiger partial charge in [-0.25, -0.2) is 9.97 Å². The second kappa shape index (κ2) is 6.86. The summed E-state index contributed by atoms with van der Waals surface area (Å²) in [6.07, 6.45) is 3.51. The number of rotatable bonds is 2. The lowest BCUT2D eigenvalue weighted by Crippen LogP contribution is -2.45. The topological polar surface area (TPSA) is 49.3 Å². The molecule has 0 bridgehead atoms. The SMILES string of the molecule is Cc1ncnc(N2CCC(C(=O)N3CCSCC3)CC2)c1C. The van der Waals surface area contributed by atoms with Gasteiger partial charge in [0.15, 0.2) is 0 Å². The number of aryl methyl sites for hydroxylation is 1. The largest absolute Gasteiger partial charge is 0.356 e. The van der Waals surface area contributed by atoms with Crippen molar-refractivity contribution in [2.45, 2.75) is 26.7 Å². The molecule has 2 fully saturated rings. The van der Waals surface area contributed by atoms with E-state index in [2.05, 4.69) is 26.7 Å². The van der Waals surface area contributed by atoms with Gasteiger partial charge in [-0.1, -0.05) is 0 Å². The van der Waals surface area contributed by atoms with Crippen LogP contribution in [0.15, 0.2) is 6.33 Å². The fraction of sp³-hybridized carbons (Fsp3) is 0.688. The van der Waals surface area contributed by atoms with Crippen molar-refractivity contribution in [1.29, 1.82) is 0 Å². The van der Waals surface area contributed by atoms with Gasteiger partial charge < -0.3 is 9.80 Å². The van der Waals surface area contributed by atoms with Gasteiger partial charge in [0.25, 0.3) is 0 Å². The predicted octanol–water partition coefficient (Wildman–Crippen LogP) is 1.89. The van der Waals surface area contributed by atoms with Crippen molar-refractivity contribution in [3.05, 3.63) is 17.6 Å². The maximum atomic E-state index is 12.6. The zero-order valence-corrected chi connectivity index (χ0v) is 14.2. The van der Waals surface area contributed by atoms with E-state index in [1.165, 1.54) is 0 Å². The number of hydrogen-bond donors (Lipinski definition) is 0. The average Bonchev–Trinajstić information content (AvgIpc) is 2.58. The first kappa shape index (κ1) is 15.6. The van der Waals surface area contributed by atoms with Crippen LogP contribution in [0.5, 0.6) is 0 Å². The molecule has 22 heavy (non-hydrogen) atoms. The third-order valence-corrected chi connectivity index (χ3v) is 5.72. The number of amides is 1. The summed E-state index contributed by atoms with van der Waals surface area (Å²) in [5, 5.41) is 0. The monoisotopic (exact) mass is 320 g/mol. The summed E-state index contributed by atoms with van der Waals surface area (Å²) in [7, 11) is 0. The van der Waals surface area contributed by atoms with Crippen LogP contribution >= 0.6 is 11.8 Å². The minimum atomic E-state index is 0.197. The van der Waals surface area contributed by atoms with E-state index in [1.54, 1.807) is 6.33 Å². The third kappa shape index (κ3) is 3.21. The zero-order valence-electron chi connectivity index (χ0n) is 13.4. The molecule has 0 spiro atoms. The molecule has 0 aliphatic carbocycles. The molecule has 1 aromatic heterocycles. The minimum Gasteiger partial charge on any atom is -0.356 e. The van der Waals surface area contributed by atoms with Crippen LogP contribution in [0.3, 0.4) is 0 Å². The number of aromatic nitrogens is 2. The van der Waals surface area contributed by atoms with Crippen molar-refractivity contribution in [2.75, 3.05) is 42.6 Å². The van der Waals surface area contributed by atoms with Crippen molar-refractivity contribution in [1.82, 2.24) is 14.9 Å². The average molecular weight is 320 g/mol. The van der Waals surface area contributed by atoms with Crippen LogP contribution in [-0.4, -0.2) is 58.5 Å².